The number of hydrogen-bond donors (Lipinski definition) is 2. The summed E-state index contributed by atoms with van der Waals surface area (Å²) in [5, 5.41) is 12.5. The highest BCUT2D eigenvalue weighted by atomic mass is 16.4. The summed E-state index contributed by atoms with van der Waals surface area (Å²) in [5.74, 6) is -0.957. The first-order valence-corrected chi connectivity index (χ1v) is 6.48. The van der Waals surface area contributed by atoms with Gasteiger partial charge in [-0.05, 0) is 32.4 Å². The summed E-state index contributed by atoms with van der Waals surface area (Å²) in [6.07, 6.45) is 0. The quantitative estimate of drug-likeness (QED) is 0.894. The number of hydrogen-bond acceptors (Lipinski definition) is 3. The third kappa shape index (κ3) is 3.15. The van der Waals surface area contributed by atoms with Crippen LogP contribution in [0.4, 0.5) is 5.69 Å². The van der Waals surface area contributed by atoms with Gasteiger partial charge in [0.15, 0.2) is 0 Å². The summed E-state index contributed by atoms with van der Waals surface area (Å²) in [6.45, 7) is 6.20. The van der Waals surface area contributed by atoms with E-state index in [2.05, 4.69) is 10.3 Å². The van der Waals surface area contributed by atoms with Gasteiger partial charge < -0.3 is 10.4 Å². The van der Waals surface area contributed by atoms with Crippen molar-refractivity contribution in [1.29, 1.82) is 0 Å². The number of benzene rings is 1. The second kappa shape index (κ2) is 5.74. The highest BCUT2D eigenvalue weighted by molar-refractivity contribution is 5.95. The van der Waals surface area contributed by atoms with E-state index < -0.39 is 5.97 Å². The molecule has 0 aliphatic rings. The topological polar surface area (TPSA) is 62.2 Å². The van der Waals surface area contributed by atoms with Crippen LogP contribution < -0.4 is 5.32 Å². The van der Waals surface area contributed by atoms with Crippen molar-refractivity contribution in [3.8, 4) is 0 Å². The maximum atomic E-state index is 11.3. The van der Waals surface area contributed by atoms with Crippen LogP contribution in [0.5, 0.6) is 0 Å². The van der Waals surface area contributed by atoms with Crippen molar-refractivity contribution >= 4 is 11.7 Å². The largest absolute Gasteiger partial charge is 0.478 e. The number of carbonyl (C=O) groups is 1. The zero-order valence-electron chi connectivity index (χ0n) is 11.9. The fourth-order valence-electron chi connectivity index (χ4n) is 2.14. The molecule has 0 radical (unpaired) electrons. The smallest absolute Gasteiger partial charge is 0.339 e. The lowest BCUT2D eigenvalue weighted by Crippen LogP contribution is -2.10. The Labute approximate surface area is 118 Å². The fourth-order valence-corrected chi connectivity index (χ4v) is 2.14. The monoisotopic (exact) mass is 270 g/mol. The minimum Gasteiger partial charge on any atom is -0.478 e. The number of carboxylic acid groups (broad SMARTS) is 1. The zero-order valence-corrected chi connectivity index (χ0v) is 11.9. The van der Waals surface area contributed by atoms with Crippen molar-refractivity contribution in [2.24, 2.45) is 0 Å². The van der Waals surface area contributed by atoms with Crippen LogP contribution >= 0.6 is 0 Å². The predicted molar refractivity (Wildman–Crippen MR) is 79.2 cm³/mol. The minimum atomic E-state index is -0.957. The lowest BCUT2D eigenvalue weighted by Gasteiger charge is -2.12. The van der Waals surface area contributed by atoms with Crippen LogP contribution in [0.3, 0.4) is 0 Å². The molecule has 0 bridgehead atoms. The van der Waals surface area contributed by atoms with Gasteiger partial charge in [0.1, 0.15) is 5.56 Å². The summed E-state index contributed by atoms with van der Waals surface area (Å²) < 4.78 is 0. The summed E-state index contributed by atoms with van der Waals surface area (Å²) >= 11 is 0. The molecular weight excluding hydrogens is 252 g/mol. The van der Waals surface area contributed by atoms with E-state index in [0.717, 1.165) is 11.3 Å². The molecule has 1 heterocycles. The predicted octanol–water partition coefficient (Wildman–Crippen LogP) is 3.32. The molecule has 0 unspecified atom stereocenters. The second-order valence-corrected chi connectivity index (χ2v) is 4.92. The maximum Gasteiger partial charge on any atom is 0.339 e. The highest BCUT2D eigenvalue weighted by Crippen LogP contribution is 2.20. The number of aromatic carboxylic acids is 1. The molecule has 0 aliphatic heterocycles. The molecule has 2 aromatic rings. The number of aryl methyl sites for hydroxylation is 3. The number of anilines is 1. The number of nitrogens with zero attached hydrogens (tertiary/aromatic N) is 1. The van der Waals surface area contributed by atoms with Gasteiger partial charge in [0.2, 0.25) is 0 Å². The fraction of sp³-hybridized carbons (Fsp3) is 0.250. The van der Waals surface area contributed by atoms with Crippen molar-refractivity contribution in [1.82, 2.24) is 4.98 Å². The molecule has 0 amide bonds. The Bertz CT molecular complexity index is 634. The van der Waals surface area contributed by atoms with Gasteiger partial charge in [0.25, 0.3) is 0 Å². The van der Waals surface area contributed by atoms with Crippen LogP contribution in [0.2, 0.25) is 0 Å². The molecule has 20 heavy (non-hydrogen) atoms. The maximum absolute atomic E-state index is 11.3. The summed E-state index contributed by atoms with van der Waals surface area (Å²) in [6, 6.07) is 9.91. The molecule has 0 fully saturated rings. The van der Waals surface area contributed by atoms with E-state index in [-0.39, 0.29) is 5.56 Å². The molecule has 4 heteroatoms. The Morgan fingerprint density at radius 1 is 1.20 bits per heavy atom. The molecule has 0 saturated heterocycles. The van der Waals surface area contributed by atoms with Crippen LogP contribution in [0.15, 0.2) is 30.3 Å². The molecule has 1 aromatic heterocycles. The van der Waals surface area contributed by atoms with E-state index in [1.807, 2.05) is 38.1 Å². The Hall–Kier alpha value is -2.36. The van der Waals surface area contributed by atoms with Gasteiger partial charge >= 0.3 is 5.97 Å². The number of aromatic nitrogens is 1. The zero-order chi connectivity index (χ0) is 14.7. The SMILES string of the molecule is Cc1ccc(CNc2cc(C)nc(C)c2C(=O)O)cc1. The van der Waals surface area contributed by atoms with E-state index in [9.17, 15) is 9.90 Å². The first kappa shape index (κ1) is 14.1. The summed E-state index contributed by atoms with van der Waals surface area (Å²) in [4.78, 5) is 15.5. The number of carboxylic acids is 1. The van der Waals surface area contributed by atoms with Gasteiger partial charge in [-0.25, -0.2) is 4.79 Å². The van der Waals surface area contributed by atoms with E-state index in [4.69, 9.17) is 0 Å². The van der Waals surface area contributed by atoms with Crippen LogP contribution in [0.1, 0.15) is 32.9 Å². The van der Waals surface area contributed by atoms with Gasteiger partial charge in [0, 0.05) is 12.2 Å². The van der Waals surface area contributed by atoms with Crippen molar-refractivity contribution in [2.45, 2.75) is 27.3 Å². The molecule has 2 rings (SSSR count). The Morgan fingerprint density at radius 3 is 2.45 bits per heavy atom. The van der Waals surface area contributed by atoms with Crippen molar-refractivity contribution in [3.63, 3.8) is 0 Å². The lowest BCUT2D eigenvalue weighted by atomic mass is 10.1. The summed E-state index contributed by atoms with van der Waals surface area (Å²) in [5.41, 5.74) is 4.50. The molecule has 0 atom stereocenters. The number of rotatable bonds is 4. The second-order valence-electron chi connectivity index (χ2n) is 4.92. The normalized spacial score (nSPS) is 10.3. The van der Waals surface area contributed by atoms with Gasteiger partial charge in [-0.1, -0.05) is 29.8 Å². The first-order valence-electron chi connectivity index (χ1n) is 6.48. The standard InChI is InChI=1S/C16H18N2O2/c1-10-4-6-13(7-5-10)9-17-14-8-11(2)18-12(3)15(14)16(19)20/h4-8H,9H2,1-3H3,(H,17,18)(H,19,20). The van der Waals surface area contributed by atoms with Gasteiger partial charge in [0.05, 0.1) is 11.4 Å². The number of nitrogens with one attached hydrogen (secondary N) is 1. The van der Waals surface area contributed by atoms with Crippen LogP contribution in [0, 0.1) is 20.8 Å². The lowest BCUT2D eigenvalue weighted by molar-refractivity contribution is 0.0696. The molecule has 0 spiro atoms. The molecule has 2 N–H and O–H groups in total. The molecule has 1 aromatic carbocycles. The molecule has 0 saturated carbocycles. The Kier molecular flexibility index (Phi) is 4.03. The molecule has 4 nitrogen and oxygen atoms in total. The minimum absolute atomic E-state index is 0.239. The average molecular weight is 270 g/mol. The highest BCUT2D eigenvalue weighted by Gasteiger charge is 2.15. The Morgan fingerprint density at radius 2 is 1.85 bits per heavy atom. The van der Waals surface area contributed by atoms with E-state index in [0.29, 0.717) is 17.9 Å². The van der Waals surface area contributed by atoms with Crippen molar-refractivity contribution in [3.05, 3.63) is 58.4 Å². The van der Waals surface area contributed by atoms with Crippen molar-refractivity contribution < 1.29 is 9.90 Å². The average Bonchev–Trinajstić information content (AvgIpc) is 2.36. The van der Waals surface area contributed by atoms with E-state index in [1.54, 1.807) is 13.0 Å². The van der Waals surface area contributed by atoms with Crippen LogP contribution in [0.25, 0.3) is 0 Å². The van der Waals surface area contributed by atoms with E-state index >= 15 is 0 Å². The molecular formula is C16H18N2O2. The van der Waals surface area contributed by atoms with Gasteiger partial charge in [-0.3, -0.25) is 4.98 Å². The first-order chi connectivity index (χ1) is 9.47. The Balaban J connectivity index is 2.24. The van der Waals surface area contributed by atoms with Gasteiger partial charge in [-0.15, -0.1) is 0 Å². The number of pyridine rings is 1. The third-order valence-electron chi connectivity index (χ3n) is 3.15. The van der Waals surface area contributed by atoms with Crippen LogP contribution in [-0.4, -0.2) is 16.1 Å². The van der Waals surface area contributed by atoms with Gasteiger partial charge in [-0.2, -0.15) is 0 Å². The summed E-state index contributed by atoms with van der Waals surface area (Å²) in [7, 11) is 0. The van der Waals surface area contributed by atoms with Crippen molar-refractivity contribution in [2.75, 3.05) is 5.32 Å². The third-order valence-corrected chi connectivity index (χ3v) is 3.15. The molecule has 0 aliphatic carbocycles. The van der Waals surface area contributed by atoms with Crippen LogP contribution in [-0.2, 0) is 6.54 Å². The molecule has 104 valence electrons. The van der Waals surface area contributed by atoms with E-state index in [1.165, 1.54) is 5.56 Å².